The van der Waals surface area contributed by atoms with E-state index in [4.69, 9.17) is 10.5 Å². The molecule has 5 nitrogen and oxygen atoms in total. The number of nitrogens with one attached hydrogen (secondary N) is 2. The maximum absolute atomic E-state index is 13.3. The zero-order valence-corrected chi connectivity index (χ0v) is 18.2. The molecular weight excluding hydrogens is 398 g/mol. The van der Waals surface area contributed by atoms with Gasteiger partial charge < -0.3 is 21.1 Å². The topological polar surface area (TPSA) is 76.4 Å². The molecule has 0 aromatic heterocycles. The Morgan fingerprint density at radius 3 is 2.22 bits per heavy atom. The Hall–Kier alpha value is -2.99. The number of benzene rings is 3. The molecule has 1 aliphatic heterocycles. The molecule has 0 radical (unpaired) electrons. The fraction of sp³-hybridized carbons (Fsp3) is 0.296. The number of carbonyl (C=O) groups is 1. The first-order chi connectivity index (χ1) is 15.7. The SMILES string of the molecule is N[C@H](C(=O)Nc1ccccc1CC[C@@H]1CNCCO1)C(c1ccccc1)c1ccccc1. The summed E-state index contributed by atoms with van der Waals surface area (Å²) in [5.41, 5.74) is 10.5. The Labute approximate surface area is 190 Å². The van der Waals surface area contributed by atoms with Crippen molar-refractivity contribution in [2.45, 2.75) is 30.9 Å². The molecule has 32 heavy (non-hydrogen) atoms. The second kappa shape index (κ2) is 11.0. The van der Waals surface area contributed by atoms with E-state index in [0.717, 1.165) is 54.9 Å². The molecule has 3 aromatic rings. The van der Waals surface area contributed by atoms with Gasteiger partial charge in [-0.25, -0.2) is 0 Å². The van der Waals surface area contributed by atoms with Crippen molar-refractivity contribution in [3.8, 4) is 0 Å². The van der Waals surface area contributed by atoms with Crippen molar-refractivity contribution in [1.29, 1.82) is 0 Å². The van der Waals surface area contributed by atoms with Crippen LogP contribution in [0.3, 0.4) is 0 Å². The summed E-state index contributed by atoms with van der Waals surface area (Å²) in [6, 6.07) is 27.2. The first-order valence-electron chi connectivity index (χ1n) is 11.3. The molecule has 0 spiro atoms. The predicted molar refractivity (Wildman–Crippen MR) is 129 cm³/mol. The standard InChI is InChI=1S/C27H31N3O2/c28-26(25(21-10-3-1-4-11-21)22-12-5-2-6-13-22)27(31)30-24-14-8-7-9-20(24)15-16-23-19-29-17-18-32-23/h1-14,23,25-26,29H,15-19,28H2,(H,30,31)/t23-,26+/m1/s1. The van der Waals surface area contributed by atoms with E-state index in [1.54, 1.807) is 0 Å². The minimum Gasteiger partial charge on any atom is -0.376 e. The predicted octanol–water partition coefficient (Wildman–Crippen LogP) is 3.71. The van der Waals surface area contributed by atoms with E-state index in [9.17, 15) is 4.79 Å². The van der Waals surface area contributed by atoms with Gasteiger partial charge in [-0.3, -0.25) is 4.79 Å². The molecule has 0 saturated carbocycles. The fourth-order valence-electron chi connectivity index (χ4n) is 4.28. The maximum Gasteiger partial charge on any atom is 0.242 e. The van der Waals surface area contributed by atoms with Gasteiger partial charge in [0.1, 0.15) is 0 Å². The molecule has 0 unspecified atom stereocenters. The van der Waals surface area contributed by atoms with Crippen LogP contribution in [0.15, 0.2) is 84.9 Å². The third-order valence-electron chi connectivity index (χ3n) is 5.99. The molecule has 1 fully saturated rings. The molecule has 3 aromatic carbocycles. The average molecular weight is 430 g/mol. The van der Waals surface area contributed by atoms with Crippen molar-refractivity contribution in [3.05, 3.63) is 102 Å². The van der Waals surface area contributed by atoms with E-state index in [1.807, 2.05) is 78.9 Å². The van der Waals surface area contributed by atoms with Crippen molar-refractivity contribution < 1.29 is 9.53 Å². The summed E-state index contributed by atoms with van der Waals surface area (Å²) in [5.74, 6) is -0.419. The lowest BCUT2D eigenvalue weighted by atomic mass is 9.85. The maximum atomic E-state index is 13.3. The van der Waals surface area contributed by atoms with Crippen LogP contribution in [0.4, 0.5) is 5.69 Å². The summed E-state index contributed by atoms with van der Waals surface area (Å²) in [4.78, 5) is 13.3. The largest absolute Gasteiger partial charge is 0.376 e. The molecule has 1 saturated heterocycles. The summed E-state index contributed by atoms with van der Waals surface area (Å²) >= 11 is 0. The zero-order valence-electron chi connectivity index (χ0n) is 18.2. The van der Waals surface area contributed by atoms with Crippen molar-refractivity contribution in [2.75, 3.05) is 25.0 Å². The lowest BCUT2D eigenvalue weighted by molar-refractivity contribution is -0.117. The Kier molecular flexibility index (Phi) is 7.67. The molecule has 4 N–H and O–H groups in total. The number of amides is 1. The van der Waals surface area contributed by atoms with Crippen molar-refractivity contribution in [1.82, 2.24) is 5.32 Å². The molecule has 2 atom stereocenters. The third kappa shape index (κ3) is 5.62. The van der Waals surface area contributed by atoms with Gasteiger partial charge in [0, 0.05) is 24.7 Å². The van der Waals surface area contributed by atoms with Crippen LogP contribution < -0.4 is 16.4 Å². The van der Waals surface area contributed by atoms with E-state index in [-0.39, 0.29) is 17.9 Å². The number of anilines is 1. The second-order valence-corrected chi connectivity index (χ2v) is 8.21. The number of hydrogen-bond acceptors (Lipinski definition) is 4. The van der Waals surface area contributed by atoms with Gasteiger partial charge in [0.2, 0.25) is 5.91 Å². The first kappa shape index (κ1) is 22.2. The quantitative estimate of drug-likeness (QED) is 0.510. The van der Waals surface area contributed by atoms with Crippen LogP contribution in [0, 0.1) is 0 Å². The zero-order chi connectivity index (χ0) is 22.2. The van der Waals surface area contributed by atoms with Crippen LogP contribution in [0.2, 0.25) is 0 Å². The third-order valence-corrected chi connectivity index (χ3v) is 5.99. The smallest absolute Gasteiger partial charge is 0.242 e. The van der Waals surface area contributed by atoms with Gasteiger partial charge in [-0.1, -0.05) is 78.9 Å². The van der Waals surface area contributed by atoms with Crippen LogP contribution >= 0.6 is 0 Å². The summed E-state index contributed by atoms with van der Waals surface area (Å²) in [6.07, 6.45) is 1.94. The van der Waals surface area contributed by atoms with Crippen molar-refractivity contribution in [2.24, 2.45) is 5.73 Å². The fourth-order valence-corrected chi connectivity index (χ4v) is 4.28. The van der Waals surface area contributed by atoms with Crippen LogP contribution in [0.25, 0.3) is 0 Å². The lowest BCUT2D eigenvalue weighted by Gasteiger charge is -2.25. The van der Waals surface area contributed by atoms with Gasteiger partial charge in [-0.2, -0.15) is 0 Å². The van der Waals surface area contributed by atoms with Crippen molar-refractivity contribution in [3.63, 3.8) is 0 Å². The minimum atomic E-state index is -0.723. The highest BCUT2D eigenvalue weighted by atomic mass is 16.5. The second-order valence-electron chi connectivity index (χ2n) is 8.21. The molecule has 5 heteroatoms. The van der Waals surface area contributed by atoms with Crippen LogP contribution in [-0.2, 0) is 16.0 Å². The number of aryl methyl sites for hydroxylation is 1. The molecule has 1 aliphatic rings. The van der Waals surface area contributed by atoms with E-state index in [0.29, 0.717) is 0 Å². The van der Waals surface area contributed by atoms with Crippen molar-refractivity contribution >= 4 is 11.6 Å². The number of ether oxygens (including phenoxy) is 1. The molecule has 0 aliphatic carbocycles. The molecule has 0 bridgehead atoms. The number of carbonyl (C=O) groups excluding carboxylic acids is 1. The van der Waals surface area contributed by atoms with Gasteiger partial charge >= 0.3 is 0 Å². The van der Waals surface area contributed by atoms with Gasteiger partial charge in [-0.15, -0.1) is 0 Å². The Balaban J connectivity index is 1.50. The number of morpholine rings is 1. The van der Waals surface area contributed by atoms with E-state index < -0.39 is 6.04 Å². The lowest BCUT2D eigenvalue weighted by Crippen LogP contribution is -2.41. The molecule has 166 valence electrons. The molecule has 1 heterocycles. The normalized spacial score (nSPS) is 17.1. The average Bonchev–Trinajstić information content (AvgIpc) is 2.85. The number of rotatable bonds is 8. The van der Waals surface area contributed by atoms with Gasteiger partial charge in [-0.05, 0) is 35.6 Å². The monoisotopic (exact) mass is 429 g/mol. The van der Waals surface area contributed by atoms with Gasteiger partial charge in [0.15, 0.2) is 0 Å². The van der Waals surface area contributed by atoms with Crippen LogP contribution in [0.5, 0.6) is 0 Å². The summed E-state index contributed by atoms with van der Waals surface area (Å²) in [7, 11) is 0. The van der Waals surface area contributed by atoms with E-state index >= 15 is 0 Å². The highest BCUT2D eigenvalue weighted by molar-refractivity contribution is 5.96. The summed E-state index contributed by atoms with van der Waals surface area (Å²) in [5, 5.41) is 6.46. The van der Waals surface area contributed by atoms with Gasteiger partial charge in [0.05, 0.1) is 18.8 Å². The Morgan fingerprint density at radius 2 is 1.59 bits per heavy atom. The van der Waals surface area contributed by atoms with Gasteiger partial charge in [0.25, 0.3) is 0 Å². The number of nitrogens with two attached hydrogens (primary N) is 1. The highest BCUT2D eigenvalue weighted by Crippen LogP contribution is 2.28. The number of hydrogen-bond donors (Lipinski definition) is 3. The molecule has 1 amide bonds. The molecular formula is C27H31N3O2. The summed E-state index contributed by atoms with van der Waals surface area (Å²) < 4.78 is 5.82. The number of para-hydroxylation sites is 1. The highest BCUT2D eigenvalue weighted by Gasteiger charge is 2.28. The Bertz CT molecular complexity index is 949. The Morgan fingerprint density at radius 1 is 0.969 bits per heavy atom. The van der Waals surface area contributed by atoms with E-state index in [2.05, 4.69) is 16.7 Å². The summed E-state index contributed by atoms with van der Waals surface area (Å²) in [6.45, 7) is 2.53. The van der Waals surface area contributed by atoms with Crippen LogP contribution in [-0.4, -0.2) is 37.7 Å². The van der Waals surface area contributed by atoms with Crippen LogP contribution in [0.1, 0.15) is 29.0 Å². The minimum absolute atomic E-state index is 0.189. The molecule has 4 rings (SSSR count). The first-order valence-corrected chi connectivity index (χ1v) is 11.3. The van der Waals surface area contributed by atoms with E-state index in [1.165, 1.54) is 0 Å².